The number of hydrogen-bond acceptors (Lipinski definition) is 4. The van der Waals surface area contributed by atoms with Crippen molar-refractivity contribution < 1.29 is 8.42 Å². The molecule has 0 saturated carbocycles. The van der Waals surface area contributed by atoms with Crippen molar-refractivity contribution in [3.05, 3.63) is 68.7 Å². The van der Waals surface area contributed by atoms with E-state index in [9.17, 15) is 13.2 Å². The lowest BCUT2D eigenvalue weighted by Crippen LogP contribution is -2.41. The van der Waals surface area contributed by atoms with E-state index in [-0.39, 0.29) is 11.6 Å². The van der Waals surface area contributed by atoms with Gasteiger partial charge in [-0.05, 0) is 74.6 Å². The largest absolute Gasteiger partial charge is 0.296 e. The molecule has 0 unspecified atom stereocenters. The summed E-state index contributed by atoms with van der Waals surface area (Å²) in [5, 5.41) is 0.967. The number of sulfonamides is 1. The Bertz CT molecular complexity index is 1290. The molecule has 0 radical (unpaired) electrons. The molecule has 0 aliphatic carbocycles. The van der Waals surface area contributed by atoms with E-state index in [0.29, 0.717) is 46.8 Å². The summed E-state index contributed by atoms with van der Waals surface area (Å²) < 4.78 is 29.6. The Morgan fingerprint density at radius 3 is 2.37 bits per heavy atom. The van der Waals surface area contributed by atoms with Crippen molar-refractivity contribution in [1.29, 1.82) is 0 Å². The molecule has 8 heteroatoms. The van der Waals surface area contributed by atoms with E-state index in [2.05, 4.69) is 4.98 Å². The second-order valence-corrected chi connectivity index (χ2v) is 10.3. The lowest BCUT2D eigenvalue weighted by atomic mass is 10.1. The van der Waals surface area contributed by atoms with Gasteiger partial charge >= 0.3 is 0 Å². The molecule has 1 saturated heterocycles. The van der Waals surface area contributed by atoms with E-state index in [4.69, 9.17) is 11.6 Å². The number of halogens is 1. The Hall–Kier alpha value is -2.22. The van der Waals surface area contributed by atoms with Gasteiger partial charge in [0.1, 0.15) is 0 Å². The molecule has 30 heavy (non-hydrogen) atoms. The van der Waals surface area contributed by atoms with Crippen molar-refractivity contribution in [2.75, 3.05) is 13.1 Å². The molecule has 3 aromatic rings. The highest BCUT2D eigenvalue weighted by atomic mass is 35.5. The molecule has 0 amide bonds. The highest BCUT2D eigenvalue weighted by molar-refractivity contribution is 7.89. The summed E-state index contributed by atoms with van der Waals surface area (Å²) >= 11 is 6.04. The van der Waals surface area contributed by atoms with Crippen LogP contribution in [0.1, 0.15) is 35.6 Å². The van der Waals surface area contributed by atoms with E-state index in [1.807, 2.05) is 26.8 Å². The van der Waals surface area contributed by atoms with Crippen molar-refractivity contribution in [1.82, 2.24) is 13.9 Å². The Balaban J connectivity index is 1.59. The molecular weight excluding hydrogens is 422 g/mol. The number of nitrogens with zero attached hydrogens (tertiary/aromatic N) is 3. The van der Waals surface area contributed by atoms with Gasteiger partial charge in [0.05, 0.1) is 22.1 Å². The normalized spacial score (nSPS) is 16.3. The molecule has 4 rings (SSSR count). The van der Waals surface area contributed by atoms with Gasteiger partial charge in [-0.2, -0.15) is 4.31 Å². The minimum absolute atomic E-state index is 0.0966. The summed E-state index contributed by atoms with van der Waals surface area (Å²) in [6, 6.07) is 8.64. The molecule has 1 aromatic heterocycles. The van der Waals surface area contributed by atoms with Gasteiger partial charge in [0.15, 0.2) is 0 Å². The first-order valence-corrected chi connectivity index (χ1v) is 11.7. The molecule has 0 atom stereocenters. The molecule has 2 heterocycles. The van der Waals surface area contributed by atoms with Crippen LogP contribution in [0.3, 0.4) is 0 Å². The monoisotopic (exact) mass is 445 g/mol. The molecule has 0 spiro atoms. The predicted octanol–water partition coefficient (Wildman–Crippen LogP) is 4.00. The zero-order valence-corrected chi connectivity index (χ0v) is 18.8. The number of hydrogen-bond donors (Lipinski definition) is 0. The van der Waals surface area contributed by atoms with Crippen molar-refractivity contribution >= 4 is 32.5 Å². The molecule has 1 fully saturated rings. The number of piperidine rings is 1. The Morgan fingerprint density at radius 2 is 1.67 bits per heavy atom. The van der Waals surface area contributed by atoms with Gasteiger partial charge in [-0.15, -0.1) is 0 Å². The summed E-state index contributed by atoms with van der Waals surface area (Å²) in [6.07, 6.45) is 2.66. The fourth-order valence-electron chi connectivity index (χ4n) is 4.08. The molecule has 2 aromatic carbocycles. The van der Waals surface area contributed by atoms with Crippen LogP contribution in [0.25, 0.3) is 10.9 Å². The molecule has 158 valence electrons. The van der Waals surface area contributed by atoms with Crippen LogP contribution in [0, 0.1) is 20.8 Å². The first-order chi connectivity index (χ1) is 14.2. The minimum Gasteiger partial charge on any atom is -0.296 e. The number of benzene rings is 2. The Kier molecular flexibility index (Phi) is 5.46. The molecular formula is C22H24ClN3O3S. The molecule has 1 aliphatic rings. The zero-order chi connectivity index (χ0) is 21.6. The van der Waals surface area contributed by atoms with Crippen LogP contribution in [-0.2, 0) is 10.0 Å². The number of aryl methyl sites for hydroxylation is 3. The van der Waals surface area contributed by atoms with Crippen LogP contribution in [0.4, 0.5) is 0 Å². The molecule has 1 aliphatic heterocycles. The smallest absolute Gasteiger partial charge is 0.261 e. The molecule has 6 nitrogen and oxygen atoms in total. The van der Waals surface area contributed by atoms with E-state index in [1.165, 1.54) is 4.31 Å². The van der Waals surface area contributed by atoms with Crippen LogP contribution in [0.15, 0.2) is 46.3 Å². The zero-order valence-electron chi connectivity index (χ0n) is 17.2. The van der Waals surface area contributed by atoms with Gasteiger partial charge in [0.25, 0.3) is 5.56 Å². The average Bonchev–Trinajstić information content (AvgIpc) is 2.71. The van der Waals surface area contributed by atoms with E-state index in [1.54, 1.807) is 35.2 Å². The van der Waals surface area contributed by atoms with Gasteiger partial charge in [-0.25, -0.2) is 13.4 Å². The maximum absolute atomic E-state index is 13.2. The second-order valence-electron chi connectivity index (χ2n) is 7.96. The van der Waals surface area contributed by atoms with Crippen LogP contribution in [0.2, 0.25) is 5.02 Å². The van der Waals surface area contributed by atoms with Gasteiger partial charge in [-0.3, -0.25) is 9.36 Å². The Morgan fingerprint density at radius 1 is 1.00 bits per heavy atom. The number of rotatable bonds is 3. The Labute approximate surface area is 181 Å². The maximum atomic E-state index is 13.2. The number of fused-ring (bicyclic) bond motifs is 1. The van der Waals surface area contributed by atoms with E-state index >= 15 is 0 Å². The van der Waals surface area contributed by atoms with E-state index in [0.717, 1.165) is 16.7 Å². The molecule has 0 bridgehead atoms. The maximum Gasteiger partial charge on any atom is 0.261 e. The lowest BCUT2D eigenvalue weighted by molar-refractivity contribution is 0.269. The van der Waals surface area contributed by atoms with Crippen molar-refractivity contribution in [3.63, 3.8) is 0 Å². The standard InChI is InChI=1S/C22H24ClN3O3S/c1-14-10-16(3)21(11-15(14)2)30(28,29)25-8-6-18(7-9-25)26-13-24-20-5-4-17(23)12-19(20)22(26)27/h4-5,10-13,18H,6-9H2,1-3H3. The van der Waals surface area contributed by atoms with Crippen molar-refractivity contribution in [3.8, 4) is 0 Å². The van der Waals surface area contributed by atoms with Gasteiger partial charge in [0.2, 0.25) is 10.0 Å². The summed E-state index contributed by atoms with van der Waals surface area (Å²) in [5.41, 5.74) is 3.25. The summed E-state index contributed by atoms with van der Waals surface area (Å²) in [4.78, 5) is 17.7. The minimum atomic E-state index is -3.58. The van der Waals surface area contributed by atoms with Crippen molar-refractivity contribution in [2.45, 2.75) is 44.6 Å². The predicted molar refractivity (Wildman–Crippen MR) is 119 cm³/mol. The van der Waals surface area contributed by atoms with Crippen LogP contribution in [-0.4, -0.2) is 35.4 Å². The van der Waals surface area contributed by atoms with Gasteiger partial charge in [-0.1, -0.05) is 17.7 Å². The third kappa shape index (κ3) is 3.66. The third-order valence-electron chi connectivity index (χ3n) is 5.97. The molecule has 0 N–H and O–H groups in total. The van der Waals surface area contributed by atoms with Crippen molar-refractivity contribution in [2.24, 2.45) is 0 Å². The number of aromatic nitrogens is 2. The first kappa shape index (κ1) is 21.0. The second kappa shape index (κ2) is 7.80. The highest BCUT2D eigenvalue weighted by Crippen LogP contribution is 2.29. The fraction of sp³-hybridized carbons (Fsp3) is 0.364. The first-order valence-electron chi connectivity index (χ1n) is 9.93. The van der Waals surface area contributed by atoms with E-state index < -0.39 is 10.0 Å². The lowest BCUT2D eigenvalue weighted by Gasteiger charge is -2.32. The quantitative estimate of drug-likeness (QED) is 0.610. The topological polar surface area (TPSA) is 72.3 Å². The highest BCUT2D eigenvalue weighted by Gasteiger charge is 2.31. The van der Waals surface area contributed by atoms with Crippen LogP contribution in [0.5, 0.6) is 0 Å². The fourth-order valence-corrected chi connectivity index (χ4v) is 6.01. The van der Waals surface area contributed by atoms with Crippen LogP contribution >= 0.6 is 11.6 Å². The average molecular weight is 446 g/mol. The van der Waals surface area contributed by atoms with Gasteiger partial charge in [0, 0.05) is 24.2 Å². The van der Waals surface area contributed by atoms with Crippen LogP contribution < -0.4 is 5.56 Å². The summed E-state index contributed by atoms with van der Waals surface area (Å²) in [5.74, 6) is 0. The van der Waals surface area contributed by atoms with Gasteiger partial charge < -0.3 is 0 Å². The summed E-state index contributed by atoms with van der Waals surface area (Å²) in [7, 11) is -3.58. The SMILES string of the molecule is Cc1cc(C)c(S(=O)(=O)N2CCC(n3cnc4ccc(Cl)cc4c3=O)CC2)cc1C. The third-order valence-corrected chi connectivity index (χ3v) is 8.25. The summed E-state index contributed by atoms with van der Waals surface area (Å²) in [6.45, 7) is 6.45.